The topological polar surface area (TPSA) is 111 Å². The second-order valence-electron chi connectivity index (χ2n) is 11.6. The average molecular weight is 620 g/mol. The monoisotopic (exact) mass is 619 g/mol. The lowest BCUT2D eigenvalue weighted by molar-refractivity contribution is -0.140. The molecule has 11 heteroatoms. The van der Waals surface area contributed by atoms with Gasteiger partial charge in [-0.3, -0.25) is 4.79 Å². The van der Waals surface area contributed by atoms with Gasteiger partial charge in [-0.1, -0.05) is 62.4 Å². The molecule has 1 unspecified atom stereocenters. The zero-order valence-corrected chi connectivity index (χ0v) is 25.7. The Morgan fingerprint density at radius 2 is 1.67 bits per heavy atom. The molecule has 2 atom stereocenters. The second-order valence-corrected chi connectivity index (χ2v) is 11.6. The molecule has 0 spiro atoms. The summed E-state index contributed by atoms with van der Waals surface area (Å²) >= 11 is 0. The number of carbonyl (C=O) groups is 1. The molecule has 2 N–H and O–H groups in total. The van der Waals surface area contributed by atoms with Crippen LogP contribution in [-0.4, -0.2) is 49.9 Å². The largest absolute Gasteiger partial charge is 0.494 e. The van der Waals surface area contributed by atoms with Crippen molar-refractivity contribution in [2.45, 2.75) is 57.8 Å². The Hall–Kier alpha value is -4.87. The molecule has 0 aliphatic carbocycles. The number of anilines is 2. The summed E-state index contributed by atoms with van der Waals surface area (Å²) in [5.41, 5.74) is 4.59. The average Bonchev–Trinajstić information content (AvgIpc) is 3.45. The van der Waals surface area contributed by atoms with Crippen LogP contribution >= 0.6 is 0 Å². The molecule has 5 aromatic rings. The summed E-state index contributed by atoms with van der Waals surface area (Å²) in [6.45, 7) is 4.69. The standard InChI is InChI=1S/C35H35BFN5O4/c1-23(2)34-41-32(24-13-15-26(37)16-14-24)33(30-17-19-38-35(40-30)39-27-11-7-4-8-12-27)42(34)20-18-28-21-29(22-31(43)44)46-36(45-28)25-9-5-3-6-10-25/h3-17,19,23,28-29H,18,20-22H2,1-2H3,(H,43,44)(H,38,39,40)/t28-,29?/m1/s1. The number of carboxylic acids is 1. The minimum Gasteiger partial charge on any atom is -0.481 e. The Balaban J connectivity index is 1.37. The number of halogens is 1. The Morgan fingerprint density at radius 3 is 2.37 bits per heavy atom. The summed E-state index contributed by atoms with van der Waals surface area (Å²) in [7, 11) is -0.667. The first-order valence-electron chi connectivity index (χ1n) is 15.4. The Kier molecular flexibility index (Phi) is 9.51. The van der Waals surface area contributed by atoms with Gasteiger partial charge in [0.2, 0.25) is 5.95 Å². The first-order valence-corrected chi connectivity index (χ1v) is 15.4. The van der Waals surface area contributed by atoms with Crippen molar-refractivity contribution in [1.82, 2.24) is 19.5 Å². The van der Waals surface area contributed by atoms with E-state index in [0.29, 0.717) is 36.7 Å². The predicted molar refractivity (Wildman–Crippen MR) is 176 cm³/mol. The van der Waals surface area contributed by atoms with E-state index in [1.807, 2.05) is 66.7 Å². The summed E-state index contributed by atoms with van der Waals surface area (Å²) in [6.07, 6.45) is 1.86. The van der Waals surface area contributed by atoms with Crippen LogP contribution in [0.3, 0.4) is 0 Å². The molecule has 1 aliphatic rings. The summed E-state index contributed by atoms with van der Waals surface area (Å²) in [6, 6.07) is 27.4. The highest BCUT2D eigenvalue weighted by molar-refractivity contribution is 6.61. The number of aliphatic carboxylic acids is 1. The molecular weight excluding hydrogens is 584 g/mol. The lowest BCUT2D eigenvalue weighted by Crippen LogP contribution is -2.49. The van der Waals surface area contributed by atoms with Crippen molar-refractivity contribution in [3.8, 4) is 22.6 Å². The van der Waals surface area contributed by atoms with Crippen LogP contribution < -0.4 is 10.8 Å². The quantitative estimate of drug-likeness (QED) is 0.162. The highest BCUT2D eigenvalue weighted by Gasteiger charge is 2.36. The van der Waals surface area contributed by atoms with Crippen molar-refractivity contribution in [1.29, 1.82) is 0 Å². The van der Waals surface area contributed by atoms with Crippen LogP contribution in [0, 0.1) is 5.82 Å². The Bertz CT molecular complexity index is 1770. The SMILES string of the molecule is CC(C)c1nc(-c2ccc(F)cc2)c(-c2ccnc(Nc3ccccc3)n2)n1CC[C@@H]1CC(CC(=O)O)OB(c2ccccc2)O1. The Labute approximate surface area is 267 Å². The van der Waals surface area contributed by atoms with E-state index in [9.17, 15) is 14.3 Å². The molecule has 2 aromatic heterocycles. The molecule has 1 fully saturated rings. The number of hydrogen-bond donors (Lipinski definition) is 2. The normalized spacial score (nSPS) is 16.5. The van der Waals surface area contributed by atoms with E-state index >= 15 is 0 Å². The van der Waals surface area contributed by atoms with Gasteiger partial charge in [0.25, 0.3) is 0 Å². The van der Waals surface area contributed by atoms with Crippen molar-refractivity contribution in [3.05, 3.63) is 109 Å². The van der Waals surface area contributed by atoms with E-state index in [1.54, 1.807) is 18.3 Å². The maximum absolute atomic E-state index is 14.0. The summed E-state index contributed by atoms with van der Waals surface area (Å²) < 4.78 is 28.6. The number of benzene rings is 3. The van der Waals surface area contributed by atoms with Crippen LogP contribution in [-0.2, 0) is 20.6 Å². The van der Waals surface area contributed by atoms with Crippen LogP contribution in [0.2, 0.25) is 0 Å². The van der Waals surface area contributed by atoms with Gasteiger partial charge in [0.15, 0.2) is 0 Å². The van der Waals surface area contributed by atoms with Crippen LogP contribution in [0.15, 0.2) is 97.2 Å². The van der Waals surface area contributed by atoms with E-state index in [0.717, 1.165) is 28.2 Å². The van der Waals surface area contributed by atoms with Crippen molar-refractivity contribution >= 4 is 30.2 Å². The molecule has 0 radical (unpaired) electrons. The summed E-state index contributed by atoms with van der Waals surface area (Å²) in [5.74, 6) is 0.0980. The van der Waals surface area contributed by atoms with Gasteiger partial charge in [0, 0.05) is 36.0 Å². The highest BCUT2D eigenvalue weighted by Crippen LogP contribution is 2.35. The summed E-state index contributed by atoms with van der Waals surface area (Å²) in [4.78, 5) is 26.1. The number of aromatic nitrogens is 4. The van der Waals surface area contributed by atoms with Gasteiger partial charge in [-0.05, 0) is 60.8 Å². The number of para-hydroxylation sites is 1. The molecule has 0 saturated carbocycles. The minimum atomic E-state index is -0.913. The lowest BCUT2D eigenvalue weighted by atomic mass is 9.76. The number of hydrogen-bond acceptors (Lipinski definition) is 7. The number of nitrogens with zero attached hydrogens (tertiary/aromatic N) is 4. The third-order valence-corrected chi connectivity index (χ3v) is 7.87. The van der Waals surface area contributed by atoms with Crippen molar-refractivity contribution in [3.63, 3.8) is 0 Å². The van der Waals surface area contributed by atoms with Gasteiger partial charge in [-0.25, -0.2) is 19.3 Å². The molecule has 46 heavy (non-hydrogen) atoms. The highest BCUT2D eigenvalue weighted by atomic mass is 19.1. The molecular formula is C35H35BFN5O4. The fraction of sp³-hybridized carbons (Fsp3) is 0.257. The van der Waals surface area contributed by atoms with E-state index in [-0.39, 0.29) is 24.3 Å². The first-order chi connectivity index (χ1) is 22.3. The maximum Gasteiger partial charge on any atom is 0.494 e. The van der Waals surface area contributed by atoms with Gasteiger partial charge in [-0.15, -0.1) is 0 Å². The van der Waals surface area contributed by atoms with Crippen molar-refractivity contribution in [2.24, 2.45) is 0 Å². The number of rotatable bonds is 11. The minimum absolute atomic E-state index is 0.0594. The third-order valence-electron chi connectivity index (χ3n) is 7.87. The molecule has 1 aliphatic heterocycles. The molecule has 6 rings (SSSR count). The second kappa shape index (κ2) is 14.1. The molecule has 1 saturated heterocycles. The van der Waals surface area contributed by atoms with Crippen LogP contribution in [0.5, 0.6) is 0 Å². The molecule has 0 amide bonds. The Morgan fingerprint density at radius 1 is 0.978 bits per heavy atom. The molecule has 0 bridgehead atoms. The van der Waals surface area contributed by atoms with Crippen molar-refractivity contribution < 1.29 is 23.6 Å². The van der Waals surface area contributed by atoms with Gasteiger partial charge in [0.05, 0.1) is 29.6 Å². The molecule has 234 valence electrons. The fourth-order valence-corrected chi connectivity index (χ4v) is 5.75. The zero-order chi connectivity index (χ0) is 32.0. The number of nitrogens with one attached hydrogen (secondary N) is 1. The van der Waals surface area contributed by atoms with Crippen LogP contribution in [0.25, 0.3) is 22.6 Å². The van der Waals surface area contributed by atoms with E-state index in [1.165, 1.54) is 12.1 Å². The lowest BCUT2D eigenvalue weighted by Gasteiger charge is -2.34. The summed E-state index contributed by atoms with van der Waals surface area (Å²) in [5, 5.41) is 12.8. The van der Waals surface area contributed by atoms with E-state index in [4.69, 9.17) is 19.3 Å². The van der Waals surface area contributed by atoms with Crippen LogP contribution in [0.1, 0.15) is 44.9 Å². The van der Waals surface area contributed by atoms with Gasteiger partial charge >= 0.3 is 13.1 Å². The number of imidazole rings is 1. The zero-order valence-electron chi connectivity index (χ0n) is 25.7. The first kappa shape index (κ1) is 31.1. The van der Waals surface area contributed by atoms with E-state index < -0.39 is 19.2 Å². The third kappa shape index (κ3) is 7.33. The molecule has 9 nitrogen and oxygen atoms in total. The van der Waals surface area contributed by atoms with Crippen LogP contribution in [0.4, 0.5) is 16.0 Å². The van der Waals surface area contributed by atoms with Gasteiger partial charge < -0.3 is 24.3 Å². The van der Waals surface area contributed by atoms with Crippen molar-refractivity contribution in [2.75, 3.05) is 5.32 Å². The molecule has 3 heterocycles. The number of carboxylic acid groups (broad SMARTS) is 1. The van der Waals surface area contributed by atoms with Gasteiger partial charge in [0.1, 0.15) is 11.6 Å². The maximum atomic E-state index is 14.0. The van der Waals surface area contributed by atoms with E-state index in [2.05, 4.69) is 28.7 Å². The predicted octanol–water partition coefficient (Wildman–Crippen LogP) is 6.45. The fourth-order valence-electron chi connectivity index (χ4n) is 5.75. The molecule has 3 aromatic carbocycles. The smallest absolute Gasteiger partial charge is 0.481 e. The van der Waals surface area contributed by atoms with Gasteiger partial charge in [-0.2, -0.15) is 0 Å².